The van der Waals surface area contributed by atoms with Gasteiger partial charge in [-0.25, -0.2) is 0 Å². The molecule has 0 aromatic rings. The lowest BCUT2D eigenvalue weighted by Gasteiger charge is -2.52. The van der Waals surface area contributed by atoms with Crippen LogP contribution >= 0.6 is 0 Å². The summed E-state index contributed by atoms with van der Waals surface area (Å²) in [5.74, 6) is -6.53. The van der Waals surface area contributed by atoms with Crippen molar-refractivity contribution in [2.45, 2.75) is 57.3 Å². The molecule has 0 aliphatic carbocycles. The Bertz CT molecular complexity index is 562. The quantitative estimate of drug-likeness (QED) is 0.391. The minimum absolute atomic E-state index is 0.785. The van der Waals surface area contributed by atoms with E-state index >= 15 is 0 Å². The fourth-order valence-electron chi connectivity index (χ4n) is 2.69. The molecule has 1 fully saturated rings. The van der Waals surface area contributed by atoms with Gasteiger partial charge in [0.25, 0.3) is 5.79 Å². The molecular formula is C14H21NO9. The molecule has 10 heteroatoms. The zero-order valence-electron chi connectivity index (χ0n) is 13.7. The van der Waals surface area contributed by atoms with E-state index in [1.807, 2.05) is 0 Å². The zero-order valence-corrected chi connectivity index (χ0v) is 13.7. The number of hydrogen-bond donors (Lipinski definition) is 4. The highest BCUT2D eigenvalue weighted by Gasteiger charge is 2.68. The lowest BCUT2D eigenvalue weighted by atomic mass is 9.74. The Balaban J connectivity index is 3.60. The van der Waals surface area contributed by atoms with E-state index in [9.17, 15) is 34.5 Å². The first-order valence-corrected chi connectivity index (χ1v) is 7.11. The Morgan fingerprint density at radius 3 is 1.96 bits per heavy atom. The van der Waals surface area contributed by atoms with Crippen molar-refractivity contribution in [3.8, 4) is 0 Å². The highest BCUT2D eigenvalue weighted by atomic mass is 16.7. The number of carbonyl (C=O) groups is 4. The smallest absolute Gasteiger partial charge is 0.303 e. The summed E-state index contributed by atoms with van der Waals surface area (Å²) < 4.78 is 10.00. The summed E-state index contributed by atoms with van der Waals surface area (Å²) in [5.41, 5.74) is -2.70. The van der Waals surface area contributed by atoms with E-state index in [1.165, 1.54) is 0 Å². The molecule has 0 radical (unpaired) electrons. The molecule has 0 aromatic carbocycles. The predicted octanol–water partition coefficient (Wildman–Crippen LogP) is -2.59. The van der Waals surface area contributed by atoms with Crippen LogP contribution < -0.4 is 5.32 Å². The van der Waals surface area contributed by atoms with Crippen molar-refractivity contribution in [2.24, 2.45) is 0 Å². The van der Waals surface area contributed by atoms with E-state index < -0.39 is 59.7 Å². The molecule has 1 heterocycles. The van der Waals surface area contributed by atoms with E-state index in [0.717, 1.165) is 27.7 Å². The largest absolute Gasteiger partial charge is 0.456 e. The maximum absolute atomic E-state index is 12.1. The molecule has 5 atom stereocenters. The molecule has 1 aliphatic rings. The molecular weight excluding hydrogens is 326 g/mol. The van der Waals surface area contributed by atoms with Gasteiger partial charge < -0.3 is 30.1 Å². The normalized spacial score (nSPS) is 35.9. The number of ether oxygens (including phenoxy) is 2. The lowest BCUT2D eigenvalue weighted by Crippen LogP contribution is -2.80. The Morgan fingerprint density at radius 2 is 1.62 bits per heavy atom. The number of carbonyl (C=O) groups excluding carboxylic acids is 4. The third kappa shape index (κ3) is 3.31. The Labute approximate surface area is 137 Å². The average Bonchev–Trinajstić information content (AvgIpc) is 2.45. The van der Waals surface area contributed by atoms with Crippen LogP contribution in [0.1, 0.15) is 27.7 Å². The molecule has 0 bridgehead atoms. The molecule has 4 N–H and O–H groups in total. The average molecular weight is 347 g/mol. The van der Waals surface area contributed by atoms with Gasteiger partial charge in [-0.3, -0.25) is 19.2 Å². The van der Waals surface area contributed by atoms with E-state index in [4.69, 9.17) is 9.47 Å². The SMILES string of the molecule is CC(=O)N[C@H]1C(O)(C(C)=O)O[C@H](CO)[C@@H](OC(C)=O)[C@@]1(O)C(C)=O. The van der Waals surface area contributed by atoms with Crippen LogP contribution in [-0.2, 0) is 28.7 Å². The summed E-state index contributed by atoms with van der Waals surface area (Å²) in [6, 6.07) is -1.95. The molecule has 1 saturated heterocycles. The molecule has 1 rings (SSSR count). The van der Waals surface area contributed by atoms with Crippen molar-refractivity contribution in [3.63, 3.8) is 0 Å². The number of nitrogens with one attached hydrogen (secondary N) is 1. The Kier molecular flexibility index (Phi) is 5.82. The molecule has 0 spiro atoms. The minimum atomic E-state index is -2.81. The van der Waals surface area contributed by atoms with Gasteiger partial charge in [0.05, 0.1) is 6.61 Å². The fourth-order valence-corrected chi connectivity index (χ4v) is 2.69. The summed E-state index contributed by atoms with van der Waals surface area (Å²) in [6.45, 7) is 2.98. The predicted molar refractivity (Wildman–Crippen MR) is 76.4 cm³/mol. The number of esters is 1. The van der Waals surface area contributed by atoms with Gasteiger partial charge in [-0.05, 0) is 6.92 Å². The van der Waals surface area contributed by atoms with Crippen molar-refractivity contribution < 1.29 is 44.0 Å². The second-order valence-corrected chi connectivity index (χ2v) is 5.64. The van der Waals surface area contributed by atoms with E-state index in [0.29, 0.717) is 0 Å². The molecule has 136 valence electrons. The lowest BCUT2D eigenvalue weighted by molar-refractivity contribution is -0.319. The van der Waals surface area contributed by atoms with Gasteiger partial charge in [0.2, 0.25) is 5.91 Å². The third-order valence-electron chi connectivity index (χ3n) is 3.82. The topological polar surface area (TPSA) is 159 Å². The van der Waals surface area contributed by atoms with E-state index in [-0.39, 0.29) is 0 Å². The molecule has 0 aromatic heterocycles. The number of ketones is 2. The van der Waals surface area contributed by atoms with Gasteiger partial charge in [0.1, 0.15) is 12.1 Å². The molecule has 24 heavy (non-hydrogen) atoms. The maximum atomic E-state index is 12.1. The minimum Gasteiger partial charge on any atom is -0.456 e. The summed E-state index contributed by atoms with van der Waals surface area (Å²) in [6.07, 6.45) is -3.34. The number of amides is 1. The van der Waals surface area contributed by atoms with Crippen molar-refractivity contribution in [1.82, 2.24) is 5.32 Å². The maximum Gasteiger partial charge on any atom is 0.303 e. The van der Waals surface area contributed by atoms with Crippen LogP contribution in [-0.4, -0.2) is 75.0 Å². The van der Waals surface area contributed by atoms with Crippen LogP contribution in [0.2, 0.25) is 0 Å². The number of aliphatic hydroxyl groups is 3. The van der Waals surface area contributed by atoms with Gasteiger partial charge in [0.15, 0.2) is 23.3 Å². The van der Waals surface area contributed by atoms with E-state index in [2.05, 4.69) is 5.32 Å². The second-order valence-electron chi connectivity index (χ2n) is 5.64. The number of hydrogen-bond acceptors (Lipinski definition) is 9. The molecule has 1 aliphatic heterocycles. The second kappa shape index (κ2) is 6.93. The van der Waals surface area contributed by atoms with Crippen LogP contribution in [0, 0.1) is 0 Å². The first kappa shape index (κ1) is 20.2. The summed E-state index contributed by atoms with van der Waals surface area (Å²) in [4.78, 5) is 46.8. The molecule has 1 unspecified atom stereocenters. The molecule has 10 nitrogen and oxygen atoms in total. The highest BCUT2D eigenvalue weighted by Crippen LogP contribution is 2.38. The summed E-state index contributed by atoms with van der Waals surface area (Å²) in [5, 5.41) is 33.0. The van der Waals surface area contributed by atoms with Gasteiger partial charge >= 0.3 is 5.97 Å². The van der Waals surface area contributed by atoms with Gasteiger partial charge in [-0.1, -0.05) is 0 Å². The van der Waals surface area contributed by atoms with E-state index in [1.54, 1.807) is 0 Å². The van der Waals surface area contributed by atoms with Crippen LogP contribution in [0.3, 0.4) is 0 Å². The Hall–Kier alpha value is -1.88. The van der Waals surface area contributed by atoms with Gasteiger partial charge in [-0.15, -0.1) is 0 Å². The van der Waals surface area contributed by atoms with Gasteiger partial charge in [-0.2, -0.15) is 0 Å². The number of aliphatic hydroxyl groups excluding tert-OH is 1. The standard InChI is InChI=1S/C14H21NO9/c1-6(17)13(21)11(23-9(4)20)10(5-16)24-14(22,7(2)18)12(13)15-8(3)19/h10-12,16,21-22H,5H2,1-4H3,(H,15,19)/t10-,11-,12-,13+,14?/m1/s1. The summed E-state index contributed by atoms with van der Waals surface area (Å²) in [7, 11) is 0. The first-order valence-electron chi connectivity index (χ1n) is 7.11. The van der Waals surface area contributed by atoms with Crippen LogP contribution in [0.4, 0.5) is 0 Å². The zero-order chi connectivity index (χ0) is 18.9. The van der Waals surface area contributed by atoms with Crippen LogP contribution in [0.5, 0.6) is 0 Å². The fraction of sp³-hybridized carbons (Fsp3) is 0.714. The van der Waals surface area contributed by atoms with Crippen molar-refractivity contribution >= 4 is 23.4 Å². The highest BCUT2D eigenvalue weighted by molar-refractivity contribution is 5.93. The summed E-state index contributed by atoms with van der Waals surface area (Å²) >= 11 is 0. The van der Waals surface area contributed by atoms with Crippen molar-refractivity contribution in [1.29, 1.82) is 0 Å². The number of Topliss-reactive ketones (excluding diaryl/α,β-unsaturated/α-hetero) is 2. The van der Waals surface area contributed by atoms with Crippen molar-refractivity contribution in [2.75, 3.05) is 6.61 Å². The van der Waals surface area contributed by atoms with Crippen molar-refractivity contribution in [3.05, 3.63) is 0 Å². The van der Waals surface area contributed by atoms with Crippen LogP contribution in [0.25, 0.3) is 0 Å². The van der Waals surface area contributed by atoms with Gasteiger partial charge in [0, 0.05) is 20.8 Å². The Morgan fingerprint density at radius 1 is 1.08 bits per heavy atom. The monoisotopic (exact) mass is 347 g/mol. The third-order valence-corrected chi connectivity index (χ3v) is 3.82. The molecule has 0 saturated carbocycles. The molecule has 1 amide bonds. The van der Waals surface area contributed by atoms with Crippen LogP contribution in [0.15, 0.2) is 0 Å². The first-order chi connectivity index (χ1) is 10.9. The number of rotatable bonds is 5.